The van der Waals surface area contributed by atoms with Gasteiger partial charge in [-0.2, -0.15) is 4.98 Å². The summed E-state index contributed by atoms with van der Waals surface area (Å²) in [6.45, 7) is 5.82. The maximum absolute atomic E-state index is 13.1. The standard InChI is InChI=1S/C26H25N3O4S/c1-17(2)24-28-26(33-29-24)22-14-7-9-18(3)23(22)27-25(30)20-11-8-10-19(15-20)16-34(31,32)21-12-5-4-6-13-21/h4-15,17H,16H2,1-3H3,(H,27,30). The Bertz CT molecular complexity index is 1430. The van der Waals surface area contributed by atoms with Crippen molar-refractivity contribution in [3.63, 3.8) is 0 Å². The minimum absolute atomic E-state index is 0.107. The third-order valence-corrected chi connectivity index (χ3v) is 7.05. The maximum atomic E-state index is 13.1. The van der Waals surface area contributed by atoms with Crippen molar-refractivity contribution in [1.29, 1.82) is 0 Å². The Morgan fingerprint density at radius 2 is 1.74 bits per heavy atom. The number of aromatic nitrogens is 2. The van der Waals surface area contributed by atoms with Gasteiger partial charge in [-0.3, -0.25) is 4.79 Å². The van der Waals surface area contributed by atoms with Crippen molar-refractivity contribution in [3.8, 4) is 11.5 Å². The molecule has 0 aliphatic heterocycles. The van der Waals surface area contributed by atoms with Gasteiger partial charge < -0.3 is 9.84 Å². The number of nitrogens with zero attached hydrogens (tertiary/aromatic N) is 2. The SMILES string of the molecule is Cc1cccc(-c2nc(C(C)C)no2)c1NC(=O)c1cccc(CS(=O)(=O)c2ccccc2)c1. The van der Waals surface area contributed by atoms with E-state index in [0.717, 1.165) is 5.56 Å². The van der Waals surface area contributed by atoms with Crippen molar-refractivity contribution in [1.82, 2.24) is 10.1 Å². The van der Waals surface area contributed by atoms with E-state index in [4.69, 9.17) is 4.52 Å². The molecule has 0 saturated carbocycles. The maximum Gasteiger partial charge on any atom is 0.260 e. The van der Waals surface area contributed by atoms with Crippen molar-refractivity contribution >= 4 is 21.4 Å². The van der Waals surface area contributed by atoms with Crippen LogP contribution in [-0.2, 0) is 15.6 Å². The minimum atomic E-state index is -3.53. The van der Waals surface area contributed by atoms with Gasteiger partial charge in [0, 0.05) is 11.5 Å². The zero-order valence-electron chi connectivity index (χ0n) is 19.1. The highest BCUT2D eigenvalue weighted by Gasteiger charge is 2.19. The molecule has 0 bridgehead atoms. The second-order valence-electron chi connectivity index (χ2n) is 8.34. The van der Waals surface area contributed by atoms with Gasteiger partial charge in [0.15, 0.2) is 15.7 Å². The van der Waals surface area contributed by atoms with Crippen molar-refractivity contribution in [2.75, 3.05) is 5.32 Å². The second-order valence-corrected chi connectivity index (χ2v) is 10.3. The molecule has 0 fully saturated rings. The molecule has 4 aromatic rings. The molecular formula is C26H25N3O4S. The summed E-state index contributed by atoms with van der Waals surface area (Å²) in [4.78, 5) is 17.8. The smallest absolute Gasteiger partial charge is 0.260 e. The molecule has 1 amide bonds. The van der Waals surface area contributed by atoms with Crippen LogP contribution in [0, 0.1) is 6.92 Å². The number of carbonyl (C=O) groups excluding carboxylic acids is 1. The van der Waals surface area contributed by atoms with Crippen LogP contribution < -0.4 is 5.32 Å². The lowest BCUT2D eigenvalue weighted by molar-refractivity contribution is 0.102. The Balaban J connectivity index is 1.59. The van der Waals surface area contributed by atoms with Gasteiger partial charge in [0.1, 0.15) is 0 Å². The Labute approximate surface area is 198 Å². The summed E-state index contributed by atoms with van der Waals surface area (Å²) >= 11 is 0. The predicted molar refractivity (Wildman–Crippen MR) is 130 cm³/mol. The third-order valence-electron chi connectivity index (χ3n) is 5.35. The number of hydrogen-bond donors (Lipinski definition) is 1. The molecular weight excluding hydrogens is 450 g/mol. The summed E-state index contributed by atoms with van der Waals surface area (Å²) in [7, 11) is -3.53. The lowest BCUT2D eigenvalue weighted by atomic mass is 10.1. The van der Waals surface area contributed by atoms with E-state index in [1.165, 1.54) is 0 Å². The minimum Gasteiger partial charge on any atom is -0.334 e. The first-order chi connectivity index (χ1) is 16.2. The number of hydrogen-bond acceptors (Lipinski definition) is 6. The molecule has 1 N–H and O–H groups in total. The molecule has 0 spiro atoms. The molecule has 8 heteroatoms. The zero-order valence-corrected chi connectivity index (χ0v) is 20.0. The molecule has 0 radical (unpaired) electrons. The van der Waals surface area contributed by atoms with Gasteiger partial charge in [-0.15, -0.1) is 0 Å². The molecule has 0 saturated heterocycles. The van der Waals surface area contributed by atoms with Gasteiger partial charge >= 0.3 is 0 Å². The zero-order chi connectivity index (χ0) is 24.3. The molecule has 0 aliphatic carbocycles. The largest absolute Gasteiger partial charge is 0.334 e. The van der Waals surface area contributed by atoms with Crippen molar-refractivity contribution in [3.05, 3.63) is 95.3 Å². The van der Waals surface area contributed by atoms with E-state index in [2.05, 4.69) is 15.5 Å². The van der Waals surface area contributed by atoms with Crippen LogP contribution in [0.4, 0.5) is 5.69 Å². The Hall–Kier alpha value is -3.78. The van der Waals surface area contributed by atoms with Crippen LogP contribution >= 0.6 is 0 Å². The van der Waals surface area contributed by atoms with E-state index >= 15 is 0 Å². The molecule has 3 aromatic carbocycles. The molecule has 0 unspecified atom stereocenters. The molecule has 1 aromatic heterocycles. The molecule has 0 aliphatic rings. The summed E-state index contributed by atoms with van der Waals surface area (Å²) in [6, 6.07) is 20.4. The van der Waals surface area contributed by atoms with Crippen LogP contribution in [0.3, 0.4) is 0 Å². The van der Waals surface area contributed by atoms with Gasteiger partial charge in [0.2, 0.25) is 0 Å². The lowest BCUT2D eigenvalue weighted by Crippen LogP contribution is -2.14. The summed E-state index contributed by atoms with van der Waals surface area (Å²) in [6.07, 6.45) is 0. The van der Waals surface area contributed by atoms with E-state index in [1.54, 1.807) is 54.6 Å². The number of aryl methyl sites for hydroxylation is 1. The fourth-order valence-electron chi connectivity index (χ4n) is 3.51. The van der Waals surface area contributed by atoms with Crippen LogP contribution in [0.25, 0.3) is 11.5 Å². The van der Waals surface area contributed by atoms with E-state index in [9.17, 15) is 13.2 Å². The van der Waals surface area contributed by atoms with Crippen molar-refractivity contribution < 1.29 is 17.7 Å². The average Bonchev–Trinajstić information content (AvgIpc) is 3.31. The summed E-state index contributed by atoms with van der Waals surface area (Å²) in [5.74, 6) is 0.452. The summed E-state index contributed by atoms with van der Waals surface area (Å²) in [5.41, 5.74) is 2.89. The number of nitrogens with one attached hydrogen (secondary N) is 1. The molecule has 174 valence electrons. The molecule has 0 atom stereocenters. The highest BCUT2D eigenvalue weighted by molar-refractivity contribution is 7.90. The highest BCUT2D eigenvalue weighted by atomic mass is 32.2. The Kier molecular flexibility index (Phi) is 6.61. The first-order valence-electron chi connectivity index (χ1n) is 10.9. The second kappa shape index (κ2) is 9.61. The van der Waals surface area contributed by atoms with Crippen LogP contribution in [-0.4, -0.2) is 24.5 Å². The van der Waals surface area contributed by atoms with E-state index in [-0.39, 0.29) is 22.5 Å². The van der Waals surface area contributed by atoms with Gasteiger partial charge in [-0.25, -0.2) is 8.42 Å². The van der Waals surface area contributed by atoms with Crippen molar-refractivity contribution in [2.45, 2.75) is 37.3 Å². The number of anilines is 1. The number of rotatable bonds is 7. The molecule has 7 nitrogen and oxygen atoms in total. The number of amides is 1. The highest BCUT2D eigenvalue weighted by Crippen LogP contribution is 2.31. The van der Waals surface area contributed by atoms with Gasteiger partial charge in [0.05, 0.1) is 21.9 Å². The number of benzene rings is 3. The molecule has 34 heavy (non-hydrogen) atoms. The Morgan fingerprint density at radius 1 is 1.00 bits per heavy atom. The number of carbonyl (C=O) groups is 1. The van der Waals surface area contributed by atoms with Crippen LogP contribution in [0.5, 0.6) is 0 Å². The lowest BCUT2D eigenvalue weighted by Gasteiger charge is -2.12. The monoisotopic (exact) mass is 475 g/mol. The van der Waals surface area contributed by atoms with E-state index < -0.39 is 9.84 Å². The first kappa shape index (κ1) is 23.4. The van der Waals surface area contributed by atoms with Gasteiger partial charge in [0.25, 0.3) is 11.8 Å². The van der Waals surface area contributed by atoms with Crippen LogP contribution in [0.1, 0.15) is 47.1 Å². The summed E-state index contributed by atoms with van der Waals surface area (Å²) < 4.78 is 30.9. The quantitative estimate of drug-likeness (QED) is 0.384. The predicted octanol–water partition coefficient (Wildman–Crippen LogP) is 5.39. The van der Waals surface area contributed by atoms with Crippen LogP contribution in [0.15, 0.2) is 82.2 Å². The fourth-order valence-corrected chi connectivity index (χ4v) is 4.87. The van der Waals surface area contributed by atoms with E-state index in [0.29, 0.717) is 34.1 Å². The molecule has 1 heterocycles. The van der Waals surface area contributed by atoms with Crippen molar-refractivity contribution in [2.24, 2.45) is 0 Å². The van der Waals surface area contributed by atoms with Gasteiger partial charge in [-0.1, -0.05) is 61.5 Å². The van der Waals surface area contributed by atoms with Crippen LogP contribution in [0.2, 0.25) is 0 Å². The third kappa shape index (κ3) is 5.07. The number of sulfone groups is 1. The average molecular weight is 476 g/mol. The molecule has 4 rings (SSSR count). The van der Waals surface area contributed by atoms with Gasteiger partial charge in [-0.05, 0) is 48.4 Å². The first-order valence-corrected chi connectivity index (χ1v) is 12.5. The number of para-hydroxylation sites is 1. The normalized spacial score (nSPS) is 11.5. The van der Waals surface area contributed by atoms with E-state index in [1.807, 2.05) is 39.0 Å². The fraction of sp³-hybridized carbons (Fsp3) is 0.192. The Morgan fingerprint density at radius 3 is 2.44 bits per heavy atom. The summed E-state index contributed by atoms with van der Waals surface area (Å²) in [5, 5.41) is 6.95. The topological polar surface area (TPSA) is 102 Å².